The van der Waals surface area contributed by atoms with Crippen LogP contribution < -0.4 is 5.32 Å². The highest BCUT2D eigenvalue weighted by molar-refractivity contribution is 8.01. The number of nitrogens with zero attached hydrogens (tertiary/aromatic N) is 4. The van der Waals surface area contributed by atoms with Crippen molar-refractivity contribution in [3.63, 3.8) is 0 Å². The van der Waals surface area contributed by atoms with Crippen LogP contribution in [0.4, 0.5) is 15.2 Å². The Morgan fingerprint density at radius 2 is 2.00 bits per heavy atom. The molecule has 0 fully saturated rings. The minimum Gasteiger partial charge on any atom is -0.328 e. The van der Waals surface area contributed by atoms with E-state index < -0.39 is 0 Å². The Labute approximate surface area is 142 Å². The van der Waals surface area contributed by atoms with Crippen molar-refractivity contribution in [2.75, 3.05) is 5.32 Å². The molecule has 0 radical (unpaired) electrons. The van der Waals surface area contributed by atoms with Crippen LogP contribution >= 0.6 is 34.4 Å². The first kappa shape index (κ1) is 14.5. The van der Waals surface area contributed by atoms with Crippen molar-refractivity contribution in [1.29, 1.82) is 0 Å². The minimum atomic E-state index is -0.326. The molecule has 1 N–H and O–H groups in total. The Hall–Kier alpha value is -2.10. The van der Waals surface area contributed by atoms with Gasteiger partial charge < -0.3 is 5.32 Å². The standard InChI is InChI=1S/C14H8FN5S3/c15-9-3-1-2-4-10(9)18-13-19-20-14(23-13)22-12-8-5-6-21-11(8)16-7-17-12/h1-7H,(H,18,19). The van der Waals surface area contributed by atoms with Gasteiger partial charge in [-0.1, -0.05) is 23.5 Å². The molecular weight excluding hydrogens is 353 g/mol. The van der Waals surface area contributed by atoms with Crippen molar-refractivity contribution < 1.29 is 4.39 Å². The van der Waals surface area contributed by atoms with Crippen LogP contribution in [0, 0.1) is 5.82 Å². The van der Waals surface area contributed by atoms with Crippen LogP contribution in [0.5, 0.6) is 0 Å². The fourth-order valence-corrected chi connectivity index (χ4v) is 4.46. The van der Waals surface area contributed by atoms with Gasteiger partial charge in [-0.05, 0) is 35.3 Å². The molecule has 5 nitrogen and oxygen atoms in total. The van der Waals surface area contributed by atoms with Crippen molar-refractivity contribution in [3.8, 4) is 0 Å². The molecule has 23 heavy (non-hydrogen) atoms. The SMILES string of the molecule is Fc1ccccc1Nc1nnc(Sc2ncnc3sccc23)s1. The summed E-state index contributed by atoms with van der Waals surface area (Å²) in [5.41, 5.74) is 0.377. The van der Waals surface area contributed by atoms with E-state index in [4.69, 9.17) is 0 Å². The van der Waals surface area contributed by atoms with Crippen molar-refractivity contribution in [2.24, 2.45) is 0 Å². The van der Waals surface area contributed by atoms with Gasteiger partial charge in [0.15, 0.2) is 4.34 Å². The molecule has 1 aromatic carbocycles. The number of rotatable bonds is 4. The summed E-state index contributed by atoms with van der Waals surface area (Å²) in [6.45, 7) is 0. The third-order valence-electron chi connectivity index (χ3n) is 2.93. The summed E-state index contributed by atoms with van der Waals surface area (Å²) < 4.78 is 14.4. The minimum absolute atomic E-state index is 0.326. The summed E-state index contributed by atoms with van der Waals surface area (Å²) in [4.78, 5) is 9.46. The second-order valence-corrected chi connectivity index (χ2v) is 7.51. The van der Waals surface area contributed by atoms with E-state index in [1.165, 1.54) is 29.2 Å². The van der Waals surface area contributed by atoms with Crippen LogP contribution in [-0.4, -0.2) is 20.2 Å². The highest BCUT2D eigenvalue weighted by Gasteiger charge is 2.12. The summed E-state index contributed by atoms with van der Waals surface area (Å²) in [6.07, 6.45) is 1.54. The first-order chi connectivity index (χ1) is 11.3. The smallest absolute Gasteiger partial charge is 0.210 e. The molecular formula is C14H8FN5S3. The van der Waals surface area contributed by atoms with Crippen LogP contribution in [0.15, 0.2) is 51.4 Å². The molecule has 0 amide bonds. The van der Waals surface area contributed by atoms with Crippen molar-refractivity contribution >= 4 is 55.5 Å². The molecule has 0 aliphatic carbocycles. The molecule has 3 heterocycles. The van der Waals surface area contributed by atoms with Gasteiger partial charge in [-0.3, -0.25) is 0 Å². The lowest BCUT2D eigenvalue weighted by Gasteiger charge is -2.01. The average Bonchev–Trinajstić information content (AvgIpc) is 3.19. The number of hydrogen-bond acceptors (Lipinski definition) is 8. The number of benzene rings is 1. The number of anilines is 2. The highest BCUT2D eigenvalue weighted by atomic mass is 32.2. The van der Waals surface area contributed by atoms with E-state index in [1.807, 2.05) is 11.4 Å². The van der Waals surface area contributed by atoms with Gasteiger partial charge in [-0.2, -0.15) is 0 Å². The topological polar surface area (TPSA) is 63.6 Å². The maximum atomic E-state index is 13.6. The summed E-state index contributed by atoms with van der Waals surface area (Å²) in [6, 6.07) is 8.44. The van der Waals surface area contributed by atoms with E-state index in [9.17, 15) is 4.39 Å². The molecule has 0 saturated carbocycles. The Morgan fingerprint density at radius 1 is 1.09 bits per heavy atom. The van der Waals surface area contributed by atoms with Crippen LogP contribution in [0.3, 0.4) is 0 Å². The van der Waals surface area contributed by atoms with Crippen LogP contribution in [-0.2, 0) is 0 Å². The Balaban J connectivity index is 1.56. The molecule has 0 unspecified atom stereocenters. The van der Waals surface area contributed by atoms with E-state index in [0.29, 0.717) is 10.8 Å². The number of hydrogen-bond donors (Lipinski definition) is 1. The zero-order chi connectivity index (χ0) is 15.6. The normalized spacial score (nSPS) is 11.0. The molecule has 0 bridgehead atoms. The molecule has 0 atom stereocenters. The maximum Gasteiger partial charge on any atom is 0.210 e. The third-order valence-corrected chi connectivity index (χ3v) is 5.66. The molecule has 4 rings (SSSR count). The largest absolute Gasteiger partial charge is 0.328 e. The summed E-state index contributed by atoms with van der Waals surface area (Å²) in [5.74, 6) is -0.326. The fraction of sp³-hybridized carbons (Fsp3) is 0. The van der Waals surface area contributed by atoms with Crippen LogP contribution in [0.25, 0.3) is 10.2 Å². The van der Waals surface area contributed by atoms with Crippen molar-refractivity contribution in [3.05, 3.63) is 47.9 Å². The predicted octanol–water partition coefficient (Wildman–Crippen LogP) is 4.58. The number of para-hydroxylation sites is 1. The van der Waals surface area contributed by atoms with Crippen LogP contribution in [0.2, 0.25) is 0 Å². The number of fused-ring (bicyclic) bond motifs is 1. The Morgan fingerprint density at radius 3 is 2.91 bits per heavy atom. The van der Waals surface area contributed by atoms with Gasteiger partial charge >= 0.3 is 0 Å². The second-order valence-electron chi connectivity index (χ2n) is 4.40. The summed E-state index contributed by atoms with van der Waals surface area (Å²) >= 11 is 4.34. The van der Waals surface area contributed by atoms with E-state index in [0.717, 1.165) is 19.6 Å². The Kier molecular flexibility index (Phi) is 3.90. The summed E-state index contributed by atoms with van der Waals surface area (Å²) in [7, 11) is 0. The van der Waals surface area contributed by atoms with E-state index in [-0.39, 0.29) is 5.82 Å². The highest BCUT2D eigenvalue weighted by Crippen LogP contribution is 2.36. The molecule has 0 saturated heterocycles. The molecule has 4 aromatic rings. The zero-order valence-corrected chi connectivity index (χ0v) is 13.9. The second kappa shape index (κ2) is 6.19. The van der Waals surface area contributed by atoms with Gasteiger partial charge in [0, 0.05) is 5.39 Å². The van der Waals surface area contributed by atoms with E-state index in [2.05, 4.69) is 25.5 Å². The maximum absolute atomic E-state index is 13.6. The molecule has 114 valence electrons. The van der Waals surface area contributed by atoms with Gasteiger partial charge in [0.05, 0.1) is 5.69 Å². The molecule has 3 aromatic heterocycles. The molecule has 9 heteroatoms. The van der Waals surface area contributed by atoms with Gasteiger partial charge in [-0.15, -0.1) is 21.5 Å². The summed E-state index contributed by atoms with van der Waals surface area (Å²) in [5, 5.41) is 15.5. The van der Waals surface area contributed by atoms with Crippen LogP contribution in [0.1, 0.15) is 0 Å². The molecule has 0 aliphatic rings. The van der Waals surface area contributed by atoms with Gasteiger partial charge in [0.2, 0.25) is 5.13 Å². The first-order valence-electron chi connectivity index (χ1n) is 6.51. The third kappa shape index (κ3) is 3.03. The van der Waals surface area contributed by atoms with E-state index >= 15 is 0 Å². The number of aromatic nitrogens is 4. The van der Waals surface area contributed by atoms with Gasteiger partial charge in [-0.25, -0.2) is 14.4 Å². The average molecular weight is 361 g/mol. The lowest BCUT2D eigenvalue weighted by molar-refractivity contribution is 0.632. The quantitative estimate of drug-likeness (QED) is 0.537. The fourth-order valence-electron chi connectivity index (χ4n) is 1.91. The number of halogens is 1. The number of nitrogens with one attached hydrogen (secondary N) is 1. The lowest BCUT2D eigenvalue weighted by atomic mass is 10.3. The van der Waals surface area contributed by atoms with Gasteiger partial charge in [0.25, 0.3) is 0 Å². The van der Waals surface area contributed by atoms with Gasteiger partial charge in [0.1, 0.15) is 22.0 Å². The van der Waals surface area contributed by atoms with Crippen molar-refractivity contribution in [2.45, 2.75) is 9.37 Å². The molecule has 0 spiro atoms. The van der Waals surface area contributed by atoms with Crippen molar-refractivity contribution in [1.82, 2.24) is 20.2 Å². The zero-order valence-electron chi connectivity index (χ0n) is 11.4. The van der Waals surface area contributed by atoms with E-state index in [1.54, 1.807) is 35.9 Å². The lowest BCUT2D eigenvalue weighted by Crippen LogP contribution is -1.92. The monoisotopic (exact) mass is 361 g/mol. The number of thiophene rings is 1. The first-order valence-corrected chi connectivity index (χ1v) is 9.02. The Bertz CT molecular complexity index is 968. The predicted molar refractivity (Wildman–Crippen MR) is 91.1 cm³/mol. The molecule has 0 aliphatic heterocycles.